The first-order chi connectivity index (χ1) is 8.66. The maximum Gasteiger partial charge on any atom is 0.211 e. The van der Waals surface area contributed by atoms with Crippen LogP contribution in [0.5, 0.6) is 0 Å². The summed E-state index contributed by atoms with van der Waals surface area (Å²) in [5.74, 6) is 0.400. The first-order valence-electron chi connectivity index (χ1n) is 6.57. The van der Waals surface area contributed by atoms with Crippen LogP contribution in [-0.2, 0) is 21.9 Å². The Morgan fingerprint density at radius 3 is 2.53 bits per heavy atom. The van der Waals surface area contributed by atoms with Crippen molar-refractivity contribution in [3.05, 3.63) is 29.6 Å². The molecule has 1 aliphatic rings. The van der Waals surface area contributed by atoms with Crippen LogP contribution in [-0.4, -0.2) is 37.1 Å². The van der Waals surface area contributed by atoms with E-state index in [0.717, 1.165) is 12.1 Å². The molecule has 2 rings (SSSR count). The number of rotatable bonds is 3. The van der Waals surface area contributed by atoms with Crippen molar-refractivity contribution >= 4 is 10.0 Å². The van der Waals surface area contributed by atoms with Crippen LogP contribution in [0.15, 0.2) is 18.3 Å². The van der Waals surface area contributed by atoms with Crippen molar-refractivity contribution in [1.29, 1.82) is 0 Å². The van der Waals surface area contributed by atoms with Crippen molar-refractivity contribution in [2.75, 3.05) is 19.3 Å². The molecule has 4 nitrogen and oxygen atoms in total. The van der Waals surface area contributed by atoms with Crippen molar-refractivity contribution in [2.24, 2.45) is 5.92 Å². The van der Waals surface area contributed by atoms with E-state index >= 15 is 0 Å². The van der Waals surface area contributed by atoms with Gasteiger partial charge in [-0.05, 0) is 35.4 Å². The van der Waals surface area contributed by atoms with Gasteiger partial charge < -0.3 is 0 Å². The molecule has 0 aromatic carbocycles. The Labute approximate surface area is 115 Å². The van der Waals surface area contributed by atoms with Gasteiger partial charge in [0.15, 0.2) is 0 Å². The predicted molar refractivity (Wildman–Crippen MR) is 76.5 cm³/mol. The average molecular weight is 282 g/mol. The van der Waals surface area contributed by atoms with Gasteiger partial charge in [0, 0.05) is 25.0 Å². The lowest BCUT2D eigenvalue weighted by Crippen LogP contribution is -2.50. The van der Waals surface area contributed by atoms with Gasteiger partial charge in [-0.2, -0.15) is 0 Å². The van der Waals surface area contributed by atoms with Crippen molar-refractivity contribution in [3.63, 3.8) is 0 Å². The van der Waals surface area contributed by atoms with Crippen LogP contribution < -0.4 is 0 Å². The van der Waals surface area contributed by atoms with Crippen molar-refractivity contribution in [1.82, 2.24) is 9.29 Å². The third-order valence-corrected chi connectivity index (χ3v) is 4.81. The van der Waals surface area contributed by atoms with E-state index in [2.05, 4.69) is 31.8 Å². The van der Waals surface area contributed by atoms with Crippen LogP contribution in [0.1, 0.15) is 32.0 Å². The summed E-state index contributed by atoms with van der Waals surface area (Å²) in [7, 11) is -3.01. The van der Waals surface area contributed by atoms with E-state index in [9.17, 15) is 8.42 Å². The summed E-state index contributed by atoms with van der Waals surface area (Å²) < 4.78 is 24.1. The first-order valence-corrected chi connectivity index (χ1v) is 8.41. The largest absolute Gasteiger partial charge is 0.261 e. The fourth-order valence-corrected chi connectivity index (χ4v) is 3.24. The molecule has 0 amide bonds. The molecule has 1 aromatic heterocycles. The molecule has 0 unspecified atom stereocenters. The maximum absolute atomic E-state index is 11.3. The molecule has 2 heterocycles. The second-order valence-electron chi connectivity index (χ2n) is 6.44. The Morgan fingerprint density at radius 2 is 2.00 bits per heavy atom. The van der Waals surface area contributed by atoms with Crippen LogP contribution in [0.2, 0.25) is 0 Å². The van der Waals surface area contributed by atoms with Crippen LogP contribution in [0.4, 0.5) is 0 Å². The number of sulfonamides is 1. The molecular formula is C14H22N2O2S. The van der Waals surface area contributed by atoms with Gasteiger partial charge in [-0.3, -0.25) is 4.98 Å². The molecule has 1 aliphatic heterocycles. The third kappa shape index (κ3) is 3.54. The second kappa shape index (κ2) is 4.87. The minimum atomic E-state index is -3.01. The van der Waals surface area contributed by atoms with Crippen molar-refractivity contribution in [3.8, 4) is 0 Å². The summed E-state index contributed by atoms with van der Waals surface area (Å²) in [4.78, 5) is 4.39. The summed E-state index contributed by atoms with van der Waals surface area (Å²) in [6.45, 7) is 7.79. The molecule has 1 fully saturated rings. The highest BCUT2D eigenvalue weighted by Crippen LogP contribution is 2.25. The molecule has 0 saturated carbocycles. The van der Waals surface area contributed by atoms with Gasteiger partial charge in [0.25, 0.3) is 0 Å². The zero-order chi connectivity index (χ0) is 14.3. The monoisotopic (exact) mass is 282 g/mol. The lowest BCUT2D eigenvalue weighted by molar-refractivity contribution is 0.200. The topological polar surface area (TPSA) is 50.3 Å². The Kier molecular flexibility index (Phi) is 3.71. The standard InChI is InChI=1S/C14H22N2O2S/c1-14(2,3)12-5-6-15-13(8-12)7-11-9-16(10-11)19(4,17)18/h5-6,8,11H,7,9-10H2,1-4H3. The first kappa shape index (κ1) is 14.5. The Hall–Kier alpha value is -0.940. The van der Waals surface area contributed by atoms with Gasteiger partial charge in [0.05, 0.1) is 6.26 Å². The Balaban J connectivity index is 1.99. The second-order valence-corrected chi connectivity index (χ2v) is 8.42. The quantitative estimate of drug-likeness (QED) is 0.849. The normalized spacial score (nSPS) is 18.3. The number of hydrogen-bond donors (Lipinski definition) is 0. The smallest absolute Gasteiger partial charge is 0.211 e. The van der Waals surface area contributed by atoms with Gasteiger partial charge in [0.1, 0.15) is 0 Å². The SMILES string of the molecule is CC(C)(C)c1ccnc(CC2CN(S(C)(=O)=O)C2)c1. The lowest BCUT2D eigenvalue weighted by Gasteiger charge is -2.37. The van der Waals surface area contributed by atoms with E-state index in [4.69, 9.17) is 0 Å². The van der Waals surface area contributed by atoms with Crippen molar-refractivity contribution in [2.45, 2.75) is 32.6 Å². The van der Waals surface area contributed by atoms with Crippen LogP contribution >= 0.6 is 0 Å². The van der Waals surface area contributed by atoms with Gasteiger partial charge in [0.2, 0.25) is 10.0 Å². The zero-order valence-corrected chi connectivity index (χ0v) is 12.9. The van der Waals surface area contributed by atoms with Gasteiger partial charge in [-0.15, -0.1) is 0 Å². The average Bonchev–Trinajstić information content (AvgIpc) is 2.20. The fraction of sp³-hybridized carbons (Fsp3) is 0.643. The van der Waals surface area contributed by atoms with E-state index < -0.39 is 10.0 Å². The maximum atomic E-state index is 11.3. The van der Waals surface area contributed by atoms with E-state index in [1.807, 2.05) is 12.3 Å². The molecule has 0 aliphatic carbocycles. The molecule has 106 valence electrons. The predicted octanol–water partition coefficient (Wildman–Crippen LogP) is 1.81. The summed E-state index contributed by atoms with van der Waals surface area (Å²) >= 11 is 0. The minimum Gasteiger partial charge on any atom is -0.261 e. The van der Waals surface area contributed by atoms with Crippen LogP contribution in [0.3, 0.4) is 0 Å². The van der Waals surface area contributed by atoms with E-state index in [1.165, 1.54) is 16.1 Å². The number of nitrogens with zero attached hydrogens (tertiary/aromatic N) is 2. The molecule has 0 spiro atoms. The Morgan fingerprint density at radius 1 is 1.37 bits per heavy atom. The number of hydrogen-bond acceptors (Lipinski definition) is 3. The third-order valence-electron chi connectivity index (χ3n) is 3.57. The van der Waals surface area contributed by atoms with E-state index in [1.54, 1.807) is 0 Å². The highest BCUT2D eigenvalue weighted by Gasteiger charge is 2.33. The van der Waals surface area contributed by atoms with Crippen LogP contribution in [0, 0.1) is 5.92 Å². The molecule has 0 radical (unpaired) electrons. The minimum absolute atomic E-state index is 0.121. The summed E-state index contributed by atoms with van der Waals surface area (Å²) in [6, 6.07) is 4.19. The highest BCUT2D eigenvalue weighted by atomic mass is 32.2. The summed E-state index contributed by atoms with van der Waals surface area (Å²) in [5, 5.41) is 0. The molecule has 0 atom stereocenters. The summed E-state index contributed by atoms with van der Waals surface area (Å²) in [5.41, 5.74) is 2.46. The van der Waals surface area contributed by atoms with Gasteiger partial charge in [-0.25, -0.2) is 12.7 Å². The summed E-state index contributed by atoms with van der Waals surface area (Å²) in [6.07, 6.45) is 3.97. The van der Waals surface area contributed by atoms with E-state index in [-0.39, 0.29) is 5.41 Å². The molecule has 19 heavy (non-hydrogen) atoms. The lowest BCUT2D eigenvalue weighted by atomic mass is 9.86. The molecular weight excluding hydrogens is 260 g/mol. The van der Waals surface area contributed by atoms with Crippen LogP contribution in [0.25, 0.3) is 0 Å². The van der Waals surface area contributed by atoms with E-state index in [0.29, 0.717) is 19.0 Å². The molecule has 1 aromatic rings. The molecule has 0 N–H and O–H groups in total. The highest BCUT2D eigenvalue weighted by molar-refractivity contribution is 7.88. The number of pyridine rings is 1. The van der Waals surface area contributed by atoms with Gasteiger partial charge in [-0.1, -0.05) is 20.8 Å². The van der Waals surface area contributed by atoms with Gasteiger partial charge >= 0.3 is 0 Å². The Bertz CT molecular complexity index is 555. The zero-order valence-electron chi connectivity index (χ0n) is 12.0. The van der Waals surface area contributed by atoms with Crippen molar-refractivity contribution < 1.29 is 8.42 Å². The fourth-order valence-electron chi connectivity index (χ4n) is 2.27. The molecule has 0 bridgehead atoms. The number of aromatic nitrogens is 1. The molecule has 5 heteroatoms. The molecule has 1 saturated heterocycles.